The van der Waals surface area contributed by atoms with Crippen molar-refractivity contribution in [3.8, 4) is 5.75 Å². The minimum Gasteiger partial charge on any atom is -0.434 e. The van der Waals surface area contributed by atoms with Crippen molar-refractivity contribution in [2.75, 3.05) is 13.1 Å². The molecule has 0 fully saturated rings. The van der Waals surface area contributed by atoms with Crippen LogP contribution in [0.2, 0.25) is 0 Å². The molecule has 3 N–H and O–H groups in total. The third-order valence-electron chi connectivity index (χ3n) is 1.83. The van der Waals surface area contributed by atoms with Gasteiger partial charge in [0.25, 0.3) is 0 Å². The van der Waals surface area contributed by atoms with E-state index in [0.717, 1.165) is 0 Å². The van der Waals surface area contributed by atoms with Gasteiger partial charge in [0.15, 0.2) is 0 Å². The summed E-state index contributed by atoms with van der Waals surface area (Å²) in [5, 5.41) is 3.02. The molecule has 1 aromatic rings. The Hall–Kier alpha value is -1.20. The number of nitrogens with one attached hydrogen (secondary N) is 1. The lowest BCUT2D eigenvalue weighted by atomic mass is 10.2. The first kappa shape index (κ1) is 11.9. The van der Waals surface area contributed by atoms with E-state index in [1.807, 2.05) is 0 Å². The zero-order chi connectivity index (χ0) is 11.1. The molecule has 3 nitrogen and oxygen atoms in total. The molecule has 5 heteroatoms. The Morgan fingerprint density at radius 3 is 2.73 bits per heavy atom. The summed E-state index contributed by atoms with van der Waals surface area (Å²) in [5.74, 6) is 0.206. The normalized spacial score (nSPS) is 10.7. The summed E-state index contributed by atoms with van der Waals surface area (Å²) in [4.78, 5) is 0. The maximum absolute atomic E-state index is 12.0. The van der Waals surface area contributed by atoms with E-state index in [0.29, 0.717) is 25.2 Å². The number of hydrogen-bond donors (Lipinski definition) is 2. The minimum atomic E-state index is -2.79. The molecule has 0 bridgehead atoms. The van der Waals surface area contributed by atoms with Gasteiger partial charge in [-0.1, -0.05) is 18.2 Å². The molecule has 0 unspecified atom stereocenters. The zero-order valence-corrected chi connectivity index (χ0v) is 8.25. The largest absolute Gasteiger partial charge is 0.434 e. The molecule has 0 saturated heterocycles. The van der Waals surface area contributed by atoms with Gasteiger partial charge in [-0.15, -0.1) is 0 Å². The first-order chi connectivity index (χ1) is 7.24. The highest BCUT2D eigenvalue weighted by molar-refractivity contribution is 5.33. The van der Waals surface area contributed by atoms with Gasteiger partial charge in [0.05, 0.1) is 0 Å². The van der Waals surface area contributed by atoms with E-state index < -0.39 is 6.61 Å². The van der Waals surface area contributed by atoms with Crippen LogP contribution in [0, 0.1) is 0 Å². The molecule has 0 saturated carbocycles. The van der Waals surface area contributed by atoms with Gasteiger partial charge < -0.3 is 15.8 Å². The maximum Gasteiger partial charge on any atom is 0.387 e. The second-order valence-electron chi connectivity index (χ2n) is 2.95. The molecule has 0 spiro atoms. The Morgan fingerprint density at radius 2 is 2.07 bits per heavy atom. The van der Waals surface area contributed by atoms with Gasteiger partial charge in [-0.25, -0.2) is 0 Å². The minimum absolute atomic E-state index is 0.206. The van der Waals surface area contributed by atoms with Crippen LogP contribution in [0.25, 0.3) is 0 Å². The SMILES string of the molecule is NCCNCc1ccccc1OC(F)F. The molecule has 1 rings (SSSR count). The van der Waals surface area contributed by atoms with E-state index in [1.165, 1.54) is 6.07 Å². The molecule has 0 aliphatic heterocycles. The predicted octanol–water partition coefficient (Wildman–Crippen LogP) is 1.34. The molecule has 0 heterocycles. The molecule has 0 aromatic heterocycles. The van der Waals surface area contributed by atoms with Gasteiger partial charge in [0, 0.05) is 25.2 Å². The Morgan fingerprint density at radius 1 is 1.33 bits per heavy atom. The molecule has 15 heavy (non-hydrogen) atoms. The Labute approximate surface area is 87.2 Å². The van der Waals surface area contributed by atoms with Gasteiger partial charge in [-0.3, -0.25) is 0 Å². The molecule has 1 aromatic carbocycles. The van der Waals surface area contributed by atoms with Crippen LogP contribution >= 0.6 is 0 Å². The van der Waals surface area contributed by atoms with Crippen LogP contribution < -0.4 is 15.8 Å². The van der Waals surface area contributed by atoms with E-state index in [1.54, 1.807) is 18.2 Å². The topological polar surface area (TPSA) is 47.3 Å². The Bertz CT molecular complexity index is 295. The molecular weight excluding hydrogens is 202 g/mol. The van der Waals surface area contributed by atoms with E-state index >= 15 is 0 Å². The number of nitrogens with two attached hydrogens (primary N) is 1. The predicted molar refractivity (Wildman–Crippen MR) is 53.8 cm³/mol. The lowest BCUT2D eigenvalue weighted by Crippen LogP contribution is -2.22. The lowest BCUT2D eigenvalue weighted by molar-refractivity contribution is -0.0504. The average molecular weight is 216 g/mol. The highest BCUT2D eigenvalue weighted by atomic mass is 19.3. The van der Waals surface area contributed by atoms with E-state index in [4.69, 9.17) is 5.73 Å². The fraction of sp³-hybridized carbons (Fsp3) is 0.400. The second-order valence-corrected chi connectivity index (χ2v) is 2.95. The third kappa shape index (κ3) is 4.22. The van der Waals surface area contributed by atoms with Crippen LogP contribution in [0.15, 0.2) is 24.3 Å². The van der Waals surface area contributed by atoms with Crippen LogP contribution in [0.3, 0.4) is 0 Å². The number of benzene rings is 1. The first-order valence-electron chi connectivity index (χ1n) is 4.67. The number of alkyl halides is 2. The monoisotopic (exact) mass is 216 g/mol. The van der Waals surface area contributed by atoms with Gasteiger partial charge in [0.2, 0.25) is 0 Å². The Kier molecular flexibility index (Phi) is 5.00. The van der Waals surface area contributed by atoms with Crippen LogP contribution in [0.4, 0.5) is 8.78 Å². The average Bonchev–Trinajstić information content (AvgIpc) is 2.20. The van der Waals surface area contributed by atoms with Crippen molar-refractivity contribution < 1.29 is 13.5 Å². The number of ether oxygens (including phenoxy) is 1. The fourth-order valence-electron chi connectivity index (χ4n) is 1.19. The van der Waals surface area contributed by atoms with Crippen molar-refractivity contribution in [2.24, 2.45) is 5.73 Å². The van der Waals surface area contributed by atoms with Gasteiger partial charge >= 0.3 is 6.61 Å². The summed E-state index contributed by atoms with van der Waals surface area (Å²) < 4.78 is 28.4. The van der Waals surface area contributed by atoms with Crippen LogP contribution in [-0.4, -0.2) is 19.7 Å². The maximum atomic E-state index is 12.0. The van der Waals surface area contributed by atoms with Crippen LogP contribution in [0.5, 0.6) is 5.75 Å². The van der Waals surface area contributed by atoms with Crippen molar-refractivity contribution in [1.29, 1.82) is 0 Å². The summed E-state index contributed by atoms with van der Waals surface area (Å²) in [6.07, 6.45) is 0. The smallest absolute Gasteiger partial charge is 0.387 e. The van der Waals surface area contributed by atoms with Crippen molar-refractivity contribution in [3.05, 3.63) is 29.8 Å². The second kappa shape index (κ2) is 6.31. The summed E-state index contributed by atoms with van der Waals surface area (Å²) in [6.45, 7) is -1.17. The molecule has 0 radical (unpaired) electrons. The molecule has 0 aliphatic rings. The van der Waals surface area contributed by atoms with Gasteiger partial charge in [-0.05, 0) is 6.07 Å². The van der Waals surface area contributed by atoms with E-state index in [2.05, 4.69) is 10.1 Å². The Balaban J connectivity index is 2.60. The summed E-state index contributed by atoms with van der Waals surface area (Å²) in [7, 11) is 0. The number of rotatable bonds is 6. The summed E-state index contributed by atoms with van der Waals surface area (Å²) in [6, 6.07) is 6.69. The van der Waals surface area contributed by atoms with Crippen molar-refractivity contribution in [3.63, 3.8) is 0 Å². The van der Waals surface area contributed by atoms with Crippen molar-refractivity contribution in [1.82, 2.24) is 5.32 Å². The van der Waals surface area contributed by atoms with Crippen molar-refractivity contribution in [2.45, 2.75) is 13.2 Å². The third-order valence-corrected chi connectivity index (χ3v) is 1.83. The number of hydrogen-bond acceptors (Lipinski definition) is 3. The fourth-order valence-corrected chi connectivity index (χ4v) is 1.19. The quantitative estimate of drug-likeness (QED) is 0.705. The first-order valence-corrected chi connectivity index (χ1v) is 4.67. The molecule has 0 amide bonds. The highest BCUT2D eigenvalue weighted by Gasteiger charge is 2.07. The lowest BCUT2D eigenvalue weighted by Gasteiger charge is -2.10. The van der Waals surface area contributed by atoms with Gasteiger partial charge in [-0.2, -0.15) is 8.78 Å². The summed E-state index contributed by atoms with van der Waals surface area (Å²) in [5.41, 5.74) is 6.00. The molecule has 0 atom stereocenters. The number of halogens is 2. The van der Waals surface area contributed by atoms with Crippen LogP contribution in [-0.2, 0) is 6.54 Å². The van der Waals surface area contributed by atoms with Gasteiger partial charge in [0.1, 0.15) is 5.75 Å². The van der Waals surface area contributed by atoms with Crippen LogP contribution in [0.1, 0.15) is 5.56 Å². The highest BCUT2D eigenvalue weighted by Crippen LogP contribution is 2.19. The standard InChI is InChI=1S/C10H14F2N2O/c11-10(12)15-9-4-2-1-3-8(9)7-14-6-5-13/h1-4,10,14H,5-7,13H2. The molecular formula is C10H14F2N2O. The molecule has 0 aliphatic carbocycles. The molecule has 84 valence electrons. The zero-order valence-electron chi connectivity index (χ0n) is 8.25. The summed E-state index contributed by atoms with van der Waals surface area (Å²) >= 11 is 0. The number of para-hydroxylation sites is 1. The van der Waals surface area contributed by atoms with E-state index in [9.17, 15) is 8.78 Å². The van der Waals surface area contributed by atoms with E-state index in [-0.39, 0.29) is 5.75 Å². The van der Waals surface area contributed by atoms with Crippen molar-refractivity contribution >= 4 is 0 Å².